The molecule has 2 heterocycles. The third-order valence-corrected chi connectivity index (χ3v) is 3.11. The summed E-state index contributed by atoms with van der Waals surface area (Å²) in [6, 6.07) is 2.63. The van der Waals surface area contributed by atoms with Crippen LogP contribution in [-0.4, -0.2) is 24.0 Å². The SMILES string of the molecule is Cc1occc1CN1CCC[C@H]1CN. The van der Waals surface area contributed by atoms with Gasteiger partial charge in [-0.3, -0.25) is 4.90 Å². The van der Waals surface area contributed by atoms with Gasteiger partial charge >= 0.3 is 0 Å². The average molecular weight is 194 g/mol. The fourth-order valence-electron chi connectivity index (χ4n) is 2.16. The highest BCUT2D eigenvalue weighted by Crippen LogP contribution is 2.20. The maximum Gasteiger partial charge on any atom is 0.105 e. The van der Waals surface area contributed by atoms with Gasteiger partial charge in [-0.05, 0) is 32.4 Å². The summed E-state index contributed by atoms with van der Waals surface area (Å²) in [5.74, 6) is 1.03. The maximum atomic E-state index is 5.73. The molecule has 1 aromatic heterocycles. The van der Waals surface area contributed by atoms with Crippen LogP contribution in [0.5, 0.6) is 0 Å². The van der Waals surface area contributed by atoms with E-state index in [1.165, 1.54) is 24.9 Å². The molecule has 0 unspecified atom stereocenters. The number of likely N-dealkylation sites (tertiary alicyclic amines) is 1. The smallest absolute Gasteiger partial charge is 0.105 e. The fourth-order valence-corrected chi connectivity index (χ4v) is 2.16. The molecule has 0 radical (unpaired) electrons. The van der Waals surface area contributed by atoms with Crippen LogP contribution in [0, 0.1) is 6.92 Å². The molecule has 1 aliphatic heterocycles. The van der Waals surface area contributed by atoms with Crippen LogP contribution in [0.3, 0.4) is 0 Å². The number of aryl methyl sites for hydroxylation is 1. The summed E-state index contributed by atoms with van der Waals surface area (Å²) in [7, 11) is 0. The Morgan fingerprint density at radius 3 is 3.14 bits per heavy atom. The van der Waals surface area contributed by atoms with E-state index in [4.69, 9.17) is 10.2 Å². The number of furan rings is 1. The van der Waals surface area contributed by atoms with Crippen molar-refractivity contribution in [2.45, 2.75) is 32.4 Å². The van der Waals surface area contributed by atoms with E-state index in [2.05, 4.69) is 11.0 Å². The van der Waals surface area contributed by atoms with Crippen LogP contribution < -0.4 is 5.73 Å². The number of nitrogens with two attached hydrogens (primary N) is 1. The standard InChI is InChI=1S/C11H18N2O/c1-9-10(4-6-14-9)8-13-5-2-3-11(13)7-12/h4,6,11H,2-3,5,7-8,12H2,1H3/t11-/m0/s1. The Hall–Kier alpha value is -0.800. The Balaban J connectivity index is 2.00. The van der Waals surface area contributed by atoms with Crippen molar-refractivity contribution in [2.75, 3.05) is 13.1 Å². The summed E-state index contributed by atoms with van der Waals surface area (Å²) in [5.41, 5.74) is 7.02. The Morgan fingerprint density at radius 1 is 1.64 bits per heavy atom. The Kier molecular flexibility index (Phi) is 2.89. The second kappa shape index (κ2) is 4.15. The summed E-state index contributed by atoms with van der Waals surface area (Å²) in [4.78, 5) is 2.46. The van der Waals surface area contributed by atoms with E-state index >= 15 is 0 Å². The highest BCUT2D eigenvalue weighted by atomic mass is 16.3. The molecule has 0 aliphatic carbocycles. The largest absolute Gasteiger partial charge is 0.469 e. The van der Waals surface area contributed by atoms with Crippen molar-refractivity contribution in [1.29, 1.82) is 0 Å². The summed E-state index contributed by atoms with van der Waals surface area (Å²) >= 11 is 0. The van der Waals surface area contributed by atoms with E-state index in [0.29, 0.717) is 6.04 Å². The number of hydrogen-bond donors (Lipinski definition) is 1. The lowest BCUT2D eigenvalue weighted by Crippen LogP contribution is -2.34. The van der Waals surface area contributed by atoms with E-state index in [1.807, 2.05) is 6.92 Å². The van der Waals surface area contributed by atoms with E-state index in [-0.39, 0.29) is 0 Å². The molecule has 0 aromatic carbocycles. The molecule has 1 saturated heterocycles. The van der Waals surface area contributed by atoms with Crippen molar-refractivity contribution >= 4 is 0 Å². The highest BCUT2D eigenvalue weighted by molar-refractivity contribution is 5.15. The van der Waals surface area contributed by atoms with Crippen molar-refractivity contribution in [1.82, 2.24) is 4.90 Å². The van der Waals surface area contributed by atoms with Crippen molar-refractivity contribution < 1.29 is 4.42 Å². The first-order valence-electron chi connectivity index (χ1n) is 5.28. The molecule has 2 rings (SSSR count). The molecule has 14 heavy (non-hydrogen) atoms. The van der Waals surface area contributed by atoms with Gasteiger partial charge in [0.05, 0.1) is 6.26 Å². The highest BCUT2D eigenvalue weighted by Gasteiger charge is 2.23. The molecule has 0 bridgehead atoms. The van der Waals surface area contributed by atoms with Crippen molar-refractivity contribution in [3.8, 4) is 0 Å². The van der Waals surface area contributed by atoms with E-state index < -0.39 is 0 Å². The van der Waals surface area contributed by atoms with Gasteiger partial charge in [-0.1, -0.05) is 0 Å². The van der Waals surface area contributed by atoms with Crippen LogP contribution in [0.2, 0.25) is 0 Å². The van der Waals surface area contributed by atoms with Gasteiger partial charge in [0.2, 0.25) is 0 Å². The maximum absolute atomic E-state index is 5.73. The first-order chi connectivity index (χ1) is 6.81. The van der Waals surface area contributed by atoms with Gasteiger partial charge in [-0.15, -0.1) is 0 Å². The molecule has 0 spiro atoms. The van der Waals surface area contributed by atoms with E-state index in [0.717, 1.165) is 18.8 Å². The van der Waals surface area contributed by atoms with Crippen molar-refractivity contribution in [3.05, 3.63) is 23.7 Å². The van der Waals surface area contributed by atoms with Crippen LogP contribution in [-0.2, 0) is 6.54 Å². The summed E-state index contributed by atoms with van der Waals surface area (Å²) in [6.07, 6.45) is 4.28. The lowest BCUT2D eigenvalue weighted by molar-refractivity contribution is 0.249. The molecule has 1 atom stereocenters. The third kappa shape index (κ3) is 1.83. The van der Waals surface area contributed by atoms with Crippen LogP contribution >= 0.6 is 0 Å². The predicted octanol–water partition coefficient (Wildman–Crippen LogP) is 1.51. The van der Waals surface area contributed by atoms with Crippen molar-refractivity contribution in [2.24, 2.45) is 5.73 Å². The molecule has 0 amide bonds. The second-order valence-electron chi connectivity index (χ2n) is 4.00. The molecule has 2 N–H and O–H groups in total. The van der Waals surface area contributed by atoms with Crippen LogP contribution in [0.1, 0.15) is 24.2 Å². The summed E-state index contributed by atoms with van der Waals surface area (Å²) in [5, 5.41) is 0. The lowest BCUT2D eigenvalue weighted by Gasteiger charge is -2.22. The minimum atomic E-state index is 0.573. The average Bonchev–Trinajstić information content (AvgIpc) is 2.77. The molecule has 3 heteroatoms. The molecule has 0 saturated carbocycles. The molecular weight excluding hydrogens is 176 g/mol. The zero-order valence-corrected chi connectivity index (χ0v) is 8.70. The van der Waals surface area contributed by atoms with Gasteiger partial charge < -0.3 is 10.2 Å². The first-order valence-corrected chi connectivity index (χ1v) is 5.28. The minimum Gasteiger partial charge on any atom is -0.469 e. The van der Waals surface area contributed by atoms with Gasteiger partial charge in [-0.2, -0.15) is 0 Å². The first kappa shape index (κ1) is 9.74. The van der Waals surface area contributed by atoms with E-state index in [9.17, 15) is 0 Å². The molecule has 3 nitrogen and oxygen atoms in total. The fraction of sp³-hybridized carbons (Fsp3) is 0.636. The minimum absolute atomic E-state index is 0.573. The van der Waals surface area contributed by atoms with Crippen LogP contribution in [0.4, 0.5) is 0 Å². The van der Waals surface area contributed by atoms with Gasteiger partial charge in [0.15, 0.2) is 0 Å². The Labute approximate surface area is 84.9 Å². The quantitative estimate of drug-likeness (QED) is 0.793. The second-order valence-corrected chi connectivity index (χ2v) is 4.00. The summed E-state index contributed by atoms with van der Waals surface area (Å²) < 4.78 is 5.29. The molecule has 78 valence electrons. The topological polar surface area (TPSA) is 42.4 Å². The normalized spacial score (nSPS) is 23.1. The van der Waals surface area contributed by atoms with Gasteiger partial charge in [0, 0.05) is 24.7 Å². The molecule has 1 aliphatic rings. The third-order valence-electron chi connectivity index (χ3n) is 3.11. The van der Waals surface area contributed by atoms with Crippen LogP contribution in [0.15, 0.2) is 16.7 Å². The Morgan fingerprint density at radius 2 is 2.50 bits per heavy atom. The van der Waals surface area contributed by atoms with Crippen LogP contribution in [0.25, 0.3) is 0 Å². The van der Waals surface area contributed by atoms with Gasteiger partial charge in [0.1, 0.15) is 5.76 Å². The predicted molar refractivity (Wildman–Crippen MR) is 55.9 cm³/mol. The number of nitrogens with zero attached hydrogens (tertiary/aromatic N) is 1. The Bertz CT molecular complexity index is 295. The number of hydrogen-bond acceptors (Lipinski definition) is 3. The lowest BCUT2D eigenvalue weighted by atomic mass is 10.2. The molecule has 1 fully saturated rings. The summed E-state index contributed by atoms with van der Waals surface area (Å²) in [6.45, 7) is 4.95. The monoisotopic (exact) mass is 194 g/mol. The van der Waals surface area contributed by atoms with E-state index in [1.54, 1.807) is 6.26 Å². The zero-order chi connectivity index (χ0) is 9.97. The van der Waals surface area contributed by atoms with Gasteiger partial charge in [-0.25, -0.2) is 0 Å². The van der Waals surface area contributed by atoms with Crippen molar-refractivity contribution in [3.63, 3.8) is 0 Å². The zero-order valence-electron chi connectivity index (χ0n) is 8.70. The van der Waals surface area contributed by atoms with Gasteiger partial charge in [0.25, 0.3) is 0 Å². The molecular formula is C11H18N2O. The molecule has 1 aromatic rings. The number of rotatable bonds is 3.